The molecule has 46 heavy (non-hydrogen) atoms. The Morgan fingerprint density at radius 3 is 2.33 bits per heavy atom. The van der Waals surface area contributed by atoms with Crippen LogP contribution in [-0.4, -0.2) is 29.0 Å². The number of nitrogens with one attached hydrogen (secondary N) is 2. The van der Waals surface area contributed by atoms with Crippen molar-refractivity contribution in [3.05, 3.63) is 125 Å². The minimum Gasteiger partial charge on any atom is -0.454 e. The number of aromatic amines is 1. The zero-order valence-corrected chi connectivity index (χ0v) is 24.2. The number of rotatable bonds is 8. The van der Waals surface area contributed by atoms with Crippen LogP contribution < -0.4 is 15.2 Å². The van der Waals surface area contributed by atoms with Gasteiger partial charge in [0, 0.05) is 23.0 Å². The summed E-state index contributed by atoms with van der Waals surface area (Å²) in [5, 5.41) is 4.39. The van der Waals surface area contributed by atoms with Crippen molar-refractivity contribution in [2.45, 2.75) is 11.8 Å². The van der Waals surface area contributed by atoms with E-state index in [1.165, 1.54) is 35.1 Å². The number of anilines is 2. The number of nitrogens with zero attached hydrogens (tertiary/aromatic N) is 2. The lowest BCUT2D eigenvalue weighted by Crippen LogP contribution is -2.17. The summed E-state index contributed by atoms with van der Waals surface area (Å²) in [6.07, 6.45) is 1.23. The first-order valence-corrected chi connectivity index (χ1v) is 14.7. The molecule has 0 unspecified atom stereocenters. The quantitative estimate of drug-likeness (QED) is 0.123. The van der Waals surface area contributed by atoms with Gasteiger partial charge in [0.1, 0.15) is 34.8 Å². The number of sulfonamides is 1. The Morgan fingerprint density at radius 1 is 0.913 bits per heavy atom. The number of nitrogen functional groups attached to an aromatic ring is 1. The average molecular weight is 654 g/mol. The highest BCUT2D eigenvalue weighted by molar-refractivity contribution is 7.92. The van der Waals surface area contributed by atoms with Gasteiger partial charge in [-0.2, -0.15) is 5.10 Å². The lowest BCUT2D eigenvalue weighted by molar-refractivity contribution is 0.103. The van der Waals surface area contributed by atoms with Crippen LogP contribution in [0.2, 0.25) is 0 Å². The van der Waals surface area contributed by atoms with E-state index in [-0.39, 0.29) is 45.9 Å². The summed E-state index contributed by atoms with van der Waals surface area (Å²) in [6.45, 7) is 1.74. The van der Waals surface area contributed by atoms with E-state index in [0.717, 1.165) is 12.1 Å². The molecule has 4 N–H and O–H groups in total. The predicted octanol–water partition coefficient (Wildman–Crippen LogP) is 6.76. The van der Waals surface area contributed by atoms with Crippen molar-refractivity contribution in [2.75, 3.05) is 10.5 Å². The number of benzene rings is 4. The number of aromatic nitrogens is 3. The van der Waals surface area contributed by atoms with Crippen LogP contribution >= 0.6 is 0 Å². The van der Waals surface area contributed by atoms with Crippen LogP contribution in [0.5, 0.6) is 11.5 Å². The van der Waals surface area contributed by atoms with Crippen molar-refractivity contribution in [3.8, 4) is 17.2 Å². The van der Waals surface area contributed by atoms with Gasteiger partial charge in [-0.1, -0.05) is 12.1 Å². The molecule has 0 radical (unpaired) electrons. The zero-order valence-electron chi connectivity index (χ0n) is 23.4. The largest absolute Gasteiger partial charge is 0.454 e. The number of para-hydroxylation sites is 1. The number of hydrogen-bond acceptors (Lipinski definition) is 6. The third-order valence-electron chi connectivity index (χ3n) is 6.94. The minimum absolute atomic E-state index is 0.0127. The Balaban J connectivity index is 1.26. The first-order chi connectivity index (χ1) is 21.8. The van der Waals surface area contributed by atoms with Crippen LogP contribution in [0.25, 0.3) is 16.6 Å². The number of halogens is 5. The first-order valence-electron chi connectivity index (χ1n) is 13.2. The van der Waals surface area contributed by atoms with E-state index in [0.29, 0.717) is 17.0 Å². The molecular formula is C31H20F5N5O4S. The van der Waals surface area contributed by atoms with E-state index in [1.807, 2.05) is 0 Å². The molecule has 15 heteroatoms. The Kier molecular flexibility index (Phi) is 7.48. The van der Waals surface area contributed by atoms with E-state index in [4.69, 9.17) is 10.5 Å². The smallest absolute Gasteiger partial charge is 0.267 e. The highest BCUT2D eigenvalue weighted by atomic mass is 32.2. The Bertz CT molecular complexity index is 2280. The number of H-pyrrole nitrogens is 1. The number of carbonyl (C=O) groups excluding carboxylic acids is 1. The number of hydrogen-bond donors (Lipinski definition) is 3. The fraction of sp³-hybridized carbons (Fsp3) is 0.0323. The summed E-state index contributed by atoms with van der Waals surface area (Å²) in [5.41, 5.74) is 6.76. The summed E-state index contributed by atoms with van der Waals surface area (Å²) >= 11 is 0. The van der Waals surface area contributed by atoms with Gasteiger partial charge in [0.2, 0.25) is 5.78 Å². The highest BCUT2D eigenvalue weighted by Crippen LogP contribution is 2.31. The van der Waals surface area contributed by atoms with Gasteiger partial charge in [-0.25, -0.2) is 35.1 Å². The van der Waals surface area contributed by atoms with E-state index >= 15 is 0 Å². The summed E-state index contributed by atoms with van der Waals surface area (Å²) in [5.74, 6) is -6.67. The molecule has 0 fully saturated rings. The molecule has 6 rings (SSSR count). The van der Waals surface area contributed by atoms with E-state index in [9.17, 15) is 35.2 Å². The predicted molar refractivity (Wildman–Crippen MR) is 158 cm³/mol. The molecule has 0 amide bonds. The second-order valence-electron chi connectivity index (χ2n) is 10.1. The van der Waals surface area contributed by atoms with Gasteiger partial charge in [0.25, 0.3) is 10.0 Å². The lowest BCUT2D eigenvalue weighted by atomic mass is 10.1. The molecule has 0 saturated carbocycles. The van der Waals surface area contributed by atoms with Crippen molar-refractivity contribution in [1.82, 2.24) is 14.8 Å². The van der Waals surface area contributed by atoms with Crippen molar-refractivity contribution >= 4 is 38.2 Å². The zero-order chi connectivity index (χ0) is 32.9. The Morgan fingerprint density at radius 2 is 1.63 bits per heavy atom. The Hall–Kier alpha value is -5.70. The van der Waals surface area contributed by atoms with E-state index in [2.05, 4.69) is 10.1 Å². The van der Waals surface area contributed by atoms with Crippen molar-refractivity contribution in [3.63, 3.8) is 0 Å². The topological polar surface area (TPSA) is 132 Å². The number of nitrogens with two attached hydrogens (primary N) is 1. The van der Waals surface area contributed by atoms with Crippen LogP contribution in [0.15, 0.2) is 83.9 Å². The molecule has 0 aliphatic carbocycles. The molecule has 0 atom stereocenters. The number of fused-ring (bicyclic) bond motifs is 1. The molecule has 4 aromatic carbocycles. The molecule has 0 aliphatic rings. The molecular weight excluding hydrogens is 633 g/mol. The van der Waals surface area contributed by atoms with Crippen LogP contribution in [0.1, 0.15) is 21.6 Å². The molecule has 0 saturated heterocycles. The van der Waals surface area contributed by atoms with Gasteiger partial charge < -0.3 is 15.5 Å². The van der Waals surface area contributed by atoms with Crippen LogP contribution in [-0.2, 0) is 10.0 Å². The molecule has 2 aromatic heterocycles. The molecule has 234 valence electrons. The maximum Gasteiger partial charge on any atom is 0.267 e. The molecule has 0 spiro atoms. The van der Waals surface area contributed by atoms with Crippen molar-refractivity contribution in [1.29, 1.82) is 0 Å². The maximum atomic E-state index is 14.9. The number of aryl methyl sites for hydroxylation is 1. The van der Waals surface area contributed by atoms with Gasteiger partial charge in [0.15, 0.2) is 16.5 Å². The van der Waals surface area contributed by atoms with E-state index < -0.39 is 55.5 Å². The van der Waals surface area contributed by atoms with Crippen LogP contribution in [0, 0.1) is 36.0 Å². The third-order valence-corrected chi connectivity index (χ3v) is 8.36. The van der Waals surface area contributed by atoms with Gasteiger partial charge in [0.05, 0.1) is 28.8 Å². The standard InChI is InChI=1S/C31H20F5N5O4S/c1-15-8-18(45-28-5-3-2-4-20(28)33)6-7-27(15)41-31(37)19(14-38-41)29(42)26-10-16-9-21(34)25(13-24(16)39-26)40-46(43,44)30-22(35)11-17(32)12-23(30)36/h2-14,39-40H,37H2,1H3. The van der Waals surface area contributed by atoms with Gasteiger partial charge in [-0.05, 0) is 61.0 Å². The third kappa shape index (κ3) is 5.51. The van der Waals surface area contributed by atoms with Gasteiger partial charge in [-0.3, -0.25) is 9.52 Å². The number of ether oxygens (including phenoxy) is 1. The summed E-state index contributed by atoms with van der Waals surface area (Å²) in [7, 11) is -5.03. The molecule has 0 bridgehead atoms. The summed E-state index contributed by atoms with van der Waals surface area (Å²) in [4.78, 5) is 14.7. The Labute approximate surface area is 257 Å². The monoisotopic (exact) mass is 653 g/mol. The fourth-order valence-electron chi connectivity index (χ4n) is 4.79. The SMILES string of the molecule is Cc1cc(Oc2ccccc2F)ccc1-n1ncc(C(=O)c2cc3cc(F)c(NS(=O)(=O)c4c(F)cc(F)cc4F)cc3[nH]2)c1N. The lowest BCUT2D eigenvalue weighted by Gasteiger charge is -2.12. The number of carbonyl (C=O) groups is 1. The molecule has 6 aromatic rings. The molecule has 0 aliphatic heterocycles. The van der Waals surface area contributed by atoms with E-state index in [1.54, 1.807) is 35.9 Å². The molecule has 2 heterocycles. The second-order valence-corrected chi connectivity index (χ2v) is 11.7. The average Bonchev–Trinajstić information content (AvgIpc) is 3.56. The first kappa shape index (κ1) is 30.3. The summed E-state index contributed by atoms with van der Waals surface area (Å²) < 4.78 is 104. The van der Waals surface area contributed by atoms with Crippen molar-refractivity contribution < 1.29 is 39.9 Å². The second kappa shape index (κ2) is 11.3. The molecule has 9 nitrogen and oxygen atoms in total. The van der Waals surface area contributed by atoms with Crippen LogP contribution in [0.4, 0.5) is 33.5 Å². The summed E-state index contributed by atoms with van der Waals surface area (Å²) in [6, 6.07) is 14.3. The maximum absolute atomic E-state index is 14.9. The highest BCUT2D eigenvalue weighted by Gasteiger charge is 2.27. The van der Waals surface area contributed by atoms with Gasteiger partial charge >= 0.3 is 0 Å². The minimum atomic E-state index is -5.03. The number of ketones is 1. The van der Waals surface area contributed by atoms with Crippen LogP contribution in [0.3, 0.4) is 0 Å². The van der Waals surface area contributed by atoms with Crippen molar-refractivity contribution in [2.24, 2.45) is 0 Å². The normalized spacial score (nSPS) is 11.6. The fourth-order valence-corrected chi connectivity index (χ4v) is 5.97. The van der Waals surface area contributed by atoms with Gasteiger partial charge in [-0.15, -0.1) is 0 Å².